The third-order valence-electron chi connectivity index (χ3n) is 3.10. The number of rotatable bonds is 5. The first-order chi connectivity index (χ1) is 10.1. The van der Waals surface area contributed by atoms with Crippen molar-refractivity contribution in [3.05, 3.63) is 62.8 Å². The molecule has 1 aromatic heterocycles. The zero-order chi connectivity index (χ0) is 15.2. The molecule has 0 saturated heterocycles. The summed E-state index contributed by atoms with van der Waals surface area (Å²) in [7, 11) is 1.43. The largest absolute Gasteiger partial charge is 0.329 e. The average molecular weight is 286 g/mol. The molecule has 0 amide bonds. The van der Waals surface area contributed by atoms with Gasteiger partial charge in [0, 0.05) is 32.3 Å². The zero-order valence-corrected chi connectivity index (χ0v) is 12.1. The molecule has 0 radical (unpaired) electrons. The normalized spacial score (nSPS) is 11.0. The number of nitrogens with one attached hydrogen (secondary N) is 1. The van der Waals surface area contributed by atoms with Crippen LogP contribution in [0.4, 0.5) is 5.82 Å². The Morgan fingerprint density at radius 1 is 1.29 bits per heavy atom. The van der Waals surface area contributed by atoms with Crippen molar-refractivity contribution in [2.45, 2.75) is 13.3 Å². The molecule has 1 aromatic carbocycles. The lowest BCUT2D eigenvalue weighted by Crippen LogP contribution is -2.34. The summed E-state index contributed by atoms with van der Waals surface area (Å²) >= 11 is 0. The predicted octanol–water partition coefficient (Wildman–Crippen LogP) is 1.13. The van der Waals surface area contributed by atoms with Crippen molar-refractivity contribution in [2.24, 2.45) is 12.1 Å². The van der Waals surface area contributed by atoms with Crippen LogP contribution in [-0.2, 0) is 13.5 Å². The van der Waals surface area contributed by atoms with Crippen LogP contribution < -0.4 is 16.3 Å². The van der Waals surface area contributed by atoms with Crippen LogP contribution in [0.15, 0.2) is 51.1 Å². The highest BCUT2D eigenvalue weighted by molar-refractivity contribution is 5.63. The number of hydrogen-bond acceptors (Lipinski definition) is 4. The monoisotopic (exact) mass is 286 g/mol. The summed E-state index contributed by atoms with van der Waals surface area (Å²) in [4.78, 5) is 25.9. The van der Waals surface area contributed by atoms with Gasteiger partial charge in [-0.05, 0) is 12.5 Å². The summed E-state index contributed by atoms with van der Waals surface area (Å²) in [6.07, 6.45) is 2.45. The fourth-order valence-corrected chi connectivity index (χ4v) is 1.86. The summed E-state index contributed by atoms with van der Waals surface area (Å²) < 4.78 is 1.02. The minimum absolute atomic E-state index is 0.356. The highest BCUT2D eigenvalue weighted by atomic mass is 16.2. The van der Waals surface area contributed by atoms with E-state index in [4.69, 9.17) is 0 Å². The van der Waals surface area contributed by atoms with Crippen LogP contribution in [0.5, 0.6) is 0 Å². The Bertz CT molecular complexity index is 700. The smallest absolute Gasteiger partial charge is 0.292 e. The molecule has 2 aromatic rings. The van der Waals surface area contributed by atoms with E-state index in [1.165, 1.54) is 13.1 Å². The van der Waals surface area contributed by atoms with E-state index in [2.05, 4.69) is 10.1 Å². The molecule has 0 aliphatic rings. The minimum Gasteiger partial charge on any atom is -0.292 e. The van der Waals surface area contributed by atoms with E-state index in [0.717, 1.165) is 10.1 Å². The Balaban J connectivity index is 2.17. The van der Waals surface area contributed by atoms with E-state index in [1.807, 2.05) is 37.3 Å². The van der Waals surface area contributed by atoms with Gasteiger partial charge in [-0.25, -0.2) is 9.80 Å². The second-order valence-electron chi connectivity index (χ2n) is 4.56. The summed E-state index contributed by atoms with van der Waals surface area (Å²) in [5.41, 5.74) is 0.342. The molecule has 0 aliphatic carbocycles. The standard InChI is InChI=1S/C15H18N4O2/c1-3-19(13-11-14(20)18(2)15(21)17-13)16-10-9-12-7-5-4-6-8-12/h4-8,10-11H,3,9H2,1-2H3,(H,17,21)/b16-10-. The minimum atomic E-state index is -0.450. The van der Waals surface area contributed by atoms with E-state index >= 15 is 0 Å². The van der Waals surface area contributed by atoms with Gasteiger partial charge in [0.2, 0.25) is 0 Å². The van der Waals surface area contributed by atoms with Crippen molar-refractivity contribution in [2.75, 3.05) is 11.6 Å². The molecule has 0 saturated carbocycles. The van der Waals surface area contributed by atoms with Crippen molar-refractivity contribution in [3.63, 3.8) is 0 Å². The van der Waals surface area contributed by atoms with Gasteiger partial charge in [-0.3, -0.25) is 14.3 Å². The fraction of sp³-hybridized carbons (Fsp3) is 0.267. The molecule has 21 heavy (non-hydrogen) atoms. The van der Waals surface area contributed by atoms with E-state index < -0.39 is 5.69 Å². The van der Waals surface area contributed by atoms with Gasteiger partial charge in [0.25, 0.3) is 5.56 Å². The molecule has 6 nitrogen and oxygen atoms in total. The highest BCUT2D eigenvalue weighted by Crippen LogP contribution is 2.05. The van der Waals surface area contributed by atoms with Gasteiger partial charge in [0.05, 0.1) is 0 Å². The van der Waals surface area contributed by atoms with E-state index in [9.17, 15) is 9.59 Å². The lowest BCUT2D eigenvalue weighted by molar-refractivity contribution is 0.756. The second-order valence-corrected chi connectivity index (χ2v) is 4.56. The topological polar surface area (TPSA) is 70.5 Å². The molecule has 0 aliphatic heterocycles. The quantitative estimate of drug-likeness (QED) is 0.661. The molecule has 2 rings (SSSR count). The molecule has 0 bridgehead atoms. The maximum atomic E-state index is 11.6. The van der Waals surface area contributed by atoms with Gasteiger partial charge in [0.15, 0.2) is 0 Å². The van der Waals surface area contributed by atoms with Gasteiger partial charge < -0.3 is 0 Å². The molecule has 1 heterocycles. The van der Waals surface area contributed by atoms with Gasteiger partial charge in [0.1, 0.15) is 5.82 Å². The van der Waals surface area contributed by atoms with Crippen LogP contribution in [-0.4, -0.2) is 22.3 Å². The second kappa shape index (κ2) is 6.69. The lowest BCUT2D eigenvalue weighted by Gasteiger charge is -2.16. The molecule has 0 spiro atoms. The van der Waals surface area contributed by atoms with Crippen LogP contribution in [0.1, 0.15) is 12.5 Å². The Labute approximate surface area is 122 Å². The number of hydrogen-bond donors (Lipinski definition) is 1. The summed E-state index contributed by atoms with van der Waals surface area (Å²) in [5.74, 6) is 0.398. The average Bonchev–Trinajstić information content (AvgIpc) is 2.50. The number of aromatic amines is 1. The first-order valence-electron chi connectivity index (χ1n) is 6.76. The van der Waals surface area contributed by atoms with E-state index in [1.54, 1.807) is 11.2 Å². The molecule has 0 unspecified atom stereocenters. The number of hydrazone groups is 1. The lowest BCUT2D eigenvalue weighted by atomic mass is 10.2. The molecule has 6 heteroatoms. The maximum Gasteiger partial charge on any atom is 0.329 e. The fourth-order valence-electron chi connectivity index (χ4n) is 1.86. The van der Waals surface area contributed by atoms with Crippen LogP contribution >= 0.6 is 0 Å². The Morgan fingerprint density at radius 2 is 2.00 bits per heavy atom. The molecule has 1 N–H and O–H groups in total. The molecule has 0 fully saturated rings. The summed E-state index contributed by atoms with van der Waals surface area (Å²) in [6, 6.07) is 11.3. The van der Waals surface area contributed by atoms with E-state index in [-0.39, 0.29) is 5.56 Å². The van der Waals surface area contributed by atoms with Crippen LogP contribution in [0.25, 0.3) is 0 Å². The van der Waals surface area contributed by atoms with Crippen LogP contribution in [0.3, 0.4) is 0 Å². The first-order valence-corrected chi connectivity index (χ1v) is 6.76. The van der Waals surface area contributed by atoms with Crippen LogP contribution in [0, 0.1) is 0 Å². The summed E-state index contributed by atoms with van der Waals surface area (Å²) in [6.45, 7) is 2.45. The summed E-state index contributed by atoms with van der Waals surface area (Å²) in [5, 5.41) is 5.90. The Hall–Kier alpha value is -2.63. The Morgan fingerprint density at radius 3 is 2.62 bits per heavy atom. The molecule has 110 valence electrons. The van der Waals surface area contributed by atoms with Gasteiger partial charge >= 0.3 is 5.69 Å². The van der Waals surface area contributed by atoms with Gasteiger partial charge in [-0.1, -0.05) is 30.3 Å². The number of anilines is 1. The first kappa shape index (κ1) is 14.8. The molecule has 0 atom stereocenters. The van der Waals surface area contributed by atoms with Gasteiger partial charge in [-0.2, -0.15) is 5.10 Å². The van der Waals surface area contributed by atoms with Crippen molar-refractivity contribution >= 4 is 12.0 Å². The van der Waals surface area contributed by atoms with Crippen LogP contribution in [0.2, 0.25) is 0 Å². The van der Waals surface area contributed by atoms with Crippen molar-refractivity contribution < 1.29 is 0 Å². The third kappa shape index (κ3) is 3.68. The van der Waals surface area contributed by atoms with Gasteiger partial charge in [-0.15, -0.1) is 0 Å². The number of aromatic nitrogens is 2. The van der Waals surface area contributed by atoms with E-state index in [0.29, 0.717) is 18.8 Å². The van der Waals surface area contributed by atoms with Crippen molar-refractivity contribution in [3.8, 4) is 0 Å². The number of benzene rings is 1. The molecular weight excluding hydrogens is 268 g/mol. The Kier molecular flexibility index (Phi) is 4.71. The third-order valence-corrected chi connectivity index (χ3v) is 3.10. The number of H-pyrrole nitrogens is 1. The zero-order valence-electron chi connectivity index (χ0n) is 12.1. The van der Waals surface area contributed by atoms with Crippen molar-refractivity contribution in [1.82, 2.24) is 9.55 Å². The molecular formula is C15H18N4O2. The number of nitrogens with zero attached hydrogens (tertiary/aromatic N) is 3. The SMILES string of the molecule is CCN(/N=C\Cc1ccccc1)c1cc(=O)n(C)c(=O)[nH]1. The predicted molar refractivity (Wildman–Crippen MR) is 84.0 cm³/mol. The highest BCUT2D eigenvalue weighted by Gasteiger charge is 2.06. The van der Waals surface area contributed by atoms with Crippen molar-refractivity contribution in [1.29, 1.82) is 0 Å². The maximum absolute atomic E-state index is 11.6.